The number of nitrogens with zero attached hydrogens (tertiary/aromatic N) is 1. The minimum absolute atomic E-state index is 0.00413. The molecule has 124 valence electrons. The molecule has 3 N–H and O–H groups in total. The quantitative estimate of drug-likeness (QED) is 0.418. The molecule has 0 spiro atoms. The monoisotopic (exact) mass is 315 g/mol. The van der Waals surface area contributed by atoms with Gasteiger partial charge in [-0.15, -0.1) is 0 Å². The van der Waals surface area contributed by atoms with Gasteiger partial charge in [-0.1, -0.05) is 25.5 Å². The molecule has 7 heteroatoms. The molecule has 22 heavy (non-hydrogen) atoms. The number of halogens is 2. The van der Waals surface area contributed by atoms with Crippen molar-refractivity contribution in [3.8, 4) is 11.5 Å². The number of guanidine groups is 1. The molecule has 0 unspecified atom stereocenters. The molecule has 0 atom stereocenters. The van der Waals surface area contributed by atoms with Crippen molar-refractivity contribution in [3.63, 3.8) is 0 Å². The molecule has 0 radical (unpaired) electrons. The van der Waals surface area contributed by atoms with E-state index in [1.807, 2.05) is 0 Å². The number of aliphatic imine (C=N–C) groups is 1. The lowest BCUT2D eigenvalue weighted by molar-refractivity contribution is -0.0520. The molecule has 0 aliphatic heterocycles. The summed E-state index contributed by atoms with van der Waals surface area (Å²) in [6.07, 6.45) is 2.03. The first-order valence-electron chi connectivity index (χ1n) is 7.31. The van der Waals surface area contributed by atoms with E-state index < -0.39 is 6.61 Å². The summed E-state index contributed by atoms with van der Waals surface area (Å²) in [6.45, 7) is 2.13. The molecule has 1 aromatic rings. The Balaban J connectivity index is 2.83. The van der Waals surface area contributed by atoms with E-state index in [1.165, 1.54) is 0 Å². The van der Waals surface area contributed by atoms with Crippen molar-refractivity contribution in [1.82, 2.24) is 5.32 Å². The maximum Gasteiger partial charge on any atom is 0.387 e. The topological polar surface area (TPSA) is 68.9 Å². The first-order chi connectivity index (χ1) is 10.6. The maximum atomic E-state index is 12.6. The fraction of sp³-hybridized carbons (Fsp3) is 0.533. The van der Waals surface area contributed by atoms with Gasteiger partial charge >= 0.3 is 6.61 Å². The Morgan fingerprint density at radius 1 is 1.36 bits per heavy atom. The van der Waals surface area contributed by atoms with Crippen LogP contribution in [-0.2, 0) is 6.54 Å². The van der Waals surface area contributed by atoms with Crippen LogP contribution < -0.4 is 20.5 Å². The van der Waals surface area contributed by atoms with Crippen LogP contribution in [0.15, 0.2) is 23.2 Å². The maximum absolute atomic E-state index is 12.6. The van der Waals surface area contributed by atoms with Gasteiger partial charge in [-0.25, -0.2) is 4.99 Å². The Kier molecular flexibility index (Phi) is 8.03. The summed E-state index contributed by atoms with van der Waals surface area (Å²) < 4.78 is 35.0. The summed E-state index contributed by atoms with van der Waals surface area (Å²) in [5.41, 5.74) is 6.22. The van der Waals surface area contributed by atoms with E-state index in [4.69, 9.17) is 10.5 Å². The van der Waals surface area contributed by atoms with E-state index in [1.54, 1.807) is 25.1 Å². The molecule has 0 bridgehead atoms. The number of ether oxygens (including phenoxy) is 2. The number of unbranched alkanes of at least 4 members (excludes halogenated alkanes) is 1. The van der Waals surface area contributed by atoms with Gasteiger partial charge in [-0.05, 0) is 19.4 Å². The largest absolute Gasteiger partial charge is 0.490 e. The average Bonchev–Trinajstić information content (AvgIpc) is 2.47. The average molecular weight is 315 g/mol. The van der Waals surface area contributed by atoms with Gasteiger partial charge in [-0.3, -0.25) is 0 Å². The highest BCUT2D eigenvalue weighted by atomic mass is 19.3. The second-order valence-corrected chi connectivity index (χ2v) is 4.54. The van der Waals surface area contributed by atoms with Gasteiger partial charge in [0.15, 0.2) is 17.5 Å². The van der Waals surface area contributed by atoms with E-state index in [0.717, 1.165) is 19.4 Å². The number of hydrogen-bond donors (Lipinski definition) is 2. The molecule has 0 saturated carbocycles. The summed E-state index contributed by atoms with van der Waals surface area (Å²) in [4.78, 5) is 4.14. The highest BCUT2D eigenvalue weighted by Gasteiger charge is 2.15. The van der Waals surface area contributed by atoms with Crippen molar-refractivity contribution in [2.24, 2.45) is 10.7 Å². The van der Waals surface area contributed by atoms with Gasteiger partial charge < -0.3 is 20.5 Å². The van der Waals surface area contributed by atoms with Gasteiger partial charge in [0.25, 0.3) is 0 Å². The van der Waals surface area contributed by atoms with Gasteiger partial charge in [0.1, 0.15) is 0 Å². The van der Waals surface area contributed by atoms with Crippen molar-refractivity contribution < 1.29 is 18.3 Å². The highest BCUT2D eigenvalue weighted by Crippen LogP contribution is 2.33. The number of alkyl halides is 2. The van der Waals surface area contributed by atoms with Crippen LogP contribution in [-0.4, -0.2) is 25.7 Å². The first kappa shape index (κ1) is 18.0. The second-order valence-electron chi connectivity index (χ2n) is 4.54. The van der Waals surface area contributed by atoms with Crippen molar-refractivity contribution in [1.29, 1.82) is 0 Å². The zero-order chi connectivity index (χ0) is 16.4. The van der Waals surface area contributed by atoms with Crippen LogP contribution in [0.25, 0.3) is 0 Å². The predicted octanol–water partition coefficient (Wildman–Crippen LogP) is 2.89. The van der Waals surface area contributed by atoms with Crippen molar-refractivity contribution in [2.75, 3.05) is 13.2 Å². The minimum Gasteiger partial charge on any atom is -0.490 e. The SMILES string of the molecule is CCCCNC(N)=NCc1cccc(OCC)c1OC(F)F. The van der Waals surface area contributed by atoms with Crippen LogP contribution in [0.4, 0.5) is 8.78 Å². The molecule has 0 fully saturated rings. The van der Waals surface area contributed by atoms with Gasteiger partial charge in [-0.2, -0.15) is 8.78 Å². The minimum atomic E-state index is -2.93. The predicted molar refractivity (Wildman–Crippen MR) is 82.5 cm³/mol. The Morgan fingerprint density at radius 3 is 2.77 bits per heavy atom. The van der Waals surface area contributed by atoms with E-state index in [0.29, 0.717) is 12.2 Å². The number of benzene rings is 1. The number of nitrogens with one attached hydrogen (secondary N) is 1. The van der Waals surface area contributed by atoms with Gasteiger partial charge in [0.2, 0.25) is 0 Å². The highest BCUT2D eigenvalue weighted by molar-refractivity contribution is 5.77. The molecule has 1 rings (SSSR count). The third-order valence-corrected chi connectivity index (χ3v) is 2.82. The third kappa shape index (κ3) is 6.15. The fourth-order valence-electron chi connectivity index (χ4n) is 1.80. The molecule has 0 aliphatic carbocycles. The molecule has 0 aromatic heterocycles. The zero-order valence-corrected chi connectivity index (χ0v) is 12.9. The summed E-state index contributed by atoms with van der Waals surface area (Å²) in [5, 5.41) is 2.96. The second kappa shape index (κ2) is 9.81. The summed E-state index contributed by atoms with van der Waals surface area (Å²) >= 11 is 0. The van der Waals surface area contributed by atoms with Crippen LogP contribution in [0.2, 0.25) is 0 Å². The molecule has 0 amide bonds. The summed E-state index contributed by atoms with van der Waals surface area (Å²) in [7, 11) is 0. The fourth-order valence-corrected chi connectivity index (χ4v) is 1.80. The molecule has 5 nitrogen and oxygen atoms in total. The van der Waals surface area contributed by atoms with Gasteiger partial charge in [0, 0.05) is 12.1 Å². The Bertz CT molecular complexity index is 482. The van der Waals surface area contributed by atoms with Crippen LogP contribution in [0, 0.1) is 0 Å². The summed E-state index contributed by atoms with van der Waals surface area (Å²) in [5.74, 6) is 0.552. The zero-order valence-electron chi connectivity index (χ0n) is 12.9. The molecule has 0 aliphatic rings. The molecule has 1 aromatic carbocycles. The van der Waals surface area contributed by atoms with E-state index in [-0.39, 0.29) is 24.0 Å². The van der Waals surface area contributed by atoms with Crippen LogP contribution in [0.3, 0.4) is 0 Å². The smallest absolute Gasteiger partial charge is 0.387 e. The van der Waals surface area contributed by atoms with E-state index >= 15 is 0 Å². The number of hydrogen-bond acceptors (Lipinski definition) is 3. The first-order valence-corrected chi connectivity index (χ1v) is 7.31. The molecule has 0 heterocycles. The van der Waals surface area contributed by atoms with E-state index in [2.05, 4.69) is 22.0 Å². The Hall–Kier alpha value is -2.05. The Morgan fingerprint density at radius 2 is 2.14 bits per heavy atom. The molecule has 0 saturated heterocycles. The summed E-state index contributed by atoms with van der Waals surface area (Å²) in [6, 6.07) is 4.94. The standard InChI is InChI=1S/C15H23F2N3O2/c1-3-5-9-19-15(18)20-10-11-7-6-8-12(21-4-2)13(11)22-14(16)17/h6-8,14H,3-5,9-10H2,1-2H3,(H3,18,19,20). The van der Waals surface area contributed by atoms with Crippen molar-refractivity contribution in [3.05, 3.63) is 23.8 Å². The van der Waals surface area contributed by atoms with Crippen molar-refractivity contribution in [2.45, 2.75) is 39.8 Å². The third-order valence-electron chi connectivity index (χ3n) is 2.82. The van der Waals surface area contributed by atoms with Crippen LogP contribution in [0.1, 0.15) is 32.3 Å². The number of rotatable bonds is 9. The lowest BCUT2D eigenvalue weighted by Crippen LogP contribution is -2.32. The van der Waals surface area contributed by atoms with E-state index in [9.17, 15) is 8.78 Å². The number of nitrogens with two attached hydrogens (primary N) is 1. The van der Waals surface area contributed by atoms with Crippen LogP contribution in [0.5, 0.6) is 11.5 Å². The van der Waals surface area contributed by atoms with Crippen molar-refractivity contribution >= 4 is 5.96 Å². The lowest BCUT2D eigenvalue weighted by Gasteiger charge is -2.14. The van der Waals surface area contributed by atoms with Gasteiger partial charge in [0.05, 0.1) is 13.2 Å². The number of para-hydroxylation sites is 1. The normalized spacial score (nSPS) is 11.6. The molecular weight excluding hydrogens is 292 g/mol. The lowest BCUT2D eigenvalue weighted by atomic mass is 10.2. The Labute approximate surface area is 129 Å². The molecular formula is C15H23F2N3O2. The van der Waals surface area contributed by atoms with Crippen LogP contribution >= 0.6 is 0 Å².